The average Bonchev–Trinajstić information content (AvgIpc) is 2.03. The number of aromatic hydroxyl groups is 1. The lowest BCUT2D eigenvalue weighted by Gasteiger charge is -2.16. The predicted octanol–water partition coefficient (Wildman–Crippen LogP) is 1.54. The van der Waals surface area contributed by atoms with Crippen molar-refractivity contribution in [1.82, 2.24) is 0 Å². The molecule has 0 saturated heterocycles. The molecule has 0 unspecified atom stereocenters. The lowest BCUT2D eigenvalue weighted by molar-refractivity contribution is 0.164. The summed E-state index contributed by atoms with van der Waals surface area (Å²) >= 11 is 3.26. The fraction of sp³-hybridized carbons (Fsp3) is 0.333. The Morgan fingerprint density at radius 3 is 2.54 bits per heavy atom. The maximum Gasteiger partial charge on any atom is 0.116 e. The summed E-state index contributed by atoms with van der Waals surface area (Å²) in [6.45, 7) is 1.63. The van der Waals surface area contributed by atoms with E-state index in [0.717, 1.165) is 5.56 Å². The van der Waals surface area contributed by atoms with Gasteiger partial charge in [0.1, 0.15) is 5.75 Å². The van der Waals surface area contributed by atoms with Gasteiger partial charge < -0.3 is 15.9 Å². The molecule has 0 saturated carbocycles. The van der Waals surface area contributed by atoms with Gasteiger partial charge in [0, 0.05) is 4.47 Å². The predicted molar refractivity (Wildman–Crippen MR) is 54.4 cm³/mol. The quantitative estimate of drug-likeness (QED) is 0.741. The van der Waals surface area contributed by atoms with Gasteiger partial charge in [-0.25, -0.2) is 0 Å². The van der Waals surface area contributed by atoms with E-state index < -0.39 is 12.1 Å². The van der Waals surface area contributed by atoms with Gasteiger partial charge in [-0.1, -0.05) is 22.0 Å². The minimum absolute atomic E-state index is 0.174. The Morgan fingerprint density at radius 2 is 2.08 bits per heavy atom. The van der Waals surface area contributed by atoms with Gasteiger partial charge >= 0.3 is 0 Å². The fourth-order valence-corrected chi connectivity index (χ4v) is 1.68. The van der Waals surface area contributed by atoms with Gasteiger partial charge in [0.25, 0.3) is 0 Å². The second-order valence-electron chi connectivity index (χ2n) is 2.97. The number of benzene rings is 1. The number of rotatable bonds is 2. The van der Waals surface area contributed by atoms with Crippen LogP contribution in [0, 0.1) is 0 Å². The van der Waals surface area contributed by atoms with E-state index in [1.165, 1.54) is 0 Å². The number of hydrogen-bond donors (Lipinski definition) is 3. The smallest absolute Gasteiger partial charge is 0.116 e. The molecule has 13 heavy (non-hydrogen) atoms. The third-order valence-electron chi connectivity index (χ3n) is 1.86. The molecule has 0 radical (unpaired) electrons. The van der Waals surface area contributed by atoms with Gasteiger partial charge in [-0.05, 0) is 24.6 Å². The topological polar surface area (TPSA) is 66.5 Å². The molecule has 0 spiro atoms. The summed E-state index contributed by atoms with van der Waals surface area (Å²) < 4.78 is 0.709. The molecule has 0 aliphatic carbocycles. The SMILES string of the molecule is C[C@@H](O)[C@H](N)c1ccc(O)cc1Br. The molecular weight excluding hydrogens is 234 g/mol. The molecule has 0 aliphatic rings. The zero-order valence-electron chi connectivity index (χ0n) is 7.24. The third-order valence-corrected chi connectivity index (χ3v) is 2.55. The molecule has 0 amide bonds. The van der Waals surface area contributed by atoms with Crippen LogP contribution in [0.3, 0.4) is 0 Å². The van der Waals surface area contributed by atoms with Crippen molar-refractivity contribution >= 4 is 15.9 Å². The summed E-state index contributed by atoms with van der Waals surface area (Å²) in [4.78, 5) is 0. The van der Waals surface area contributed by atoms with Crippen LogP contribution in [-0.2, 0) is 0 Å². The monoisotopic (exact) mass is 245 g/mol. The van der Waals surface area contributed by atoms with E-state index in [1.54, 1.807) is 25.1 Å². The molecule has 0 aliphatic heterocycles. The Hall–Kier alpha value is -0.580. The van der Waals surface area contributed by atoms with Crippen LogP contribution < -0.4 is 5.73 Å². The van der Waals surface area contributed by atoms with Gasteiger partial charge in [0.15, 0.2) is 0 Å². The highest BCUT2D eigenvalue weighted by Crippen LogP contribution is 2.27. The normalized spacial score (nSPS) is 15.4. The Bertz CT molecular complexity index is 302. The van der Waals surface area contributed by atoms with Crippen molar-refractivity contribution in [1.29, 1.82) is 0 Å². The van der Waals surface area contributed by atoms with Crippen LogP contribution >= 0.6 is 15.9 Å². The third kappa shape index (κ3) is 2.43. The summed E-state index contributed by atoms with van der Waals surface area (Å²) in [5.41, 5.74) is 6.51. The van der Waals surface area contributed by atoms with Crippen molar-refractivity contribution in [2.24, 2.45) is 5.73 Å². The van der Waals surface area contributed by atoms with Crippen LogP contribution in [0.5, 0.6) is 5.75 Å². The first-order chi connectivity index (χ1) is 6.02. The lowest BCUT2D eigenvalue weighted by atomic mass is 10.0. The maximum absolute atomic E-state index is 9.26. The van der Waals surface area contributed by atoms with Crippen LogP contribution in [0.25, 0.3) is 0 Å². The molecule has 72 valence electrons. The number of hydrogen-bond acceptors (Lipinski definition) is 3. The fourth-order valence-electron chi connectivity index (χ4n) is 1.05. The van der Waals surface area contributed by atoms with E-state index in [4.69, 9.17) is 10.8 Å². The molecule has 0 heterocycles. The molecule has 3 nitrogen and oxygen atoms in total. The summed E-state index contributed by atoms with van der Waals surface area (Å²) in [7, 11) is 0. The molecule has 4 N–H and O–H groups in total. The number of aliphatic hydroxyl groups excluding tert-OH is 1. The molecule has 0 bridgehead atoms. The Kier molecular flexibility index (Phi) is 3.30. The first kappa shape index (κ1) is 10.5. The second kappa shape index (κ2) is 4.09. The van der Waals surface area contributed by atoms with E-state index in [0.29, 0.717) is 4.47 Å². The van der Waals surface area contributed by atoms with E-state index in [-0.39, 0.29) is 5.75 Å². The van der Waals surface area contributed by atoms with Crippen molar-refractivity contribution in [3.05, 3.63) is 28.2 Å². The highest BCUT2D eigenvalue weighted by Gasteiger charge is 2.14. The highest BCUT2D eigenvalue weighted by atomic mass is 79.9. The van der Waals surface area contributed by atoms with Crippen LogP contribution in [0.15, 0.2) is 22.7 Å². The largest absolute Gasteiger partial charge is 0.508 e. The zero-order chi connectivity index (χ0) is 10.0. The second-order valence-corrected chi connectivity index (χ2v) is 3.83. The van der Waals surface area contributed by atoms with Crippen molar-refractivity contribution in [2.45, 2.75) is 19.1 Å². The molecule has 4 heteroatoms. The molecular formula is C9H12BrNO2. The van der Waals surface area contributed by atoms with Crippen LogP contribution in [-0.4, -0.2) is 16.3 Å². The Labute approximate surface area is 85.3 Å². The van der Waals surface area contributed by atoms with Crippen LogP contribution in [0.2, 0.25) is 0 Å². The van der Waals surface area contributed by atoms with Crippen LogP contribution in [0.4, 0.5) is 0 Å². The minimum Gasteiger partial charge on any atom is -0.508 e. The summed E-state index contributed by atoms with van der Waals surface area (Å²) in [6.07, 6.45) is -0.610. The summed E-state index contributed by atoms with van der Waals surface area (Å²) in [6, 6.07) is 4.35. The van der Waals surface area contributed by atoms with Gasteiger partial charge in [0.2, 0.25) is 0 Å². The maximum atomic E-state index is 9.26. The first-order valence-electron chi connectivity index (χ1n) is 3.94. The molecule has 2 atom stereocenters. The van der Waals surface area contributed by atoms with Crippen LogP contribution in [0.1, 0.15) is 18.5 Å². The van der Waals surface area contributed by atoms with E-state index in [9.17, 15) is 5.11 Å². The Morgan fingerprint density at radius 1 is 1.46 bits per heavy atom. The summed E-state index contributed by atoms with van der Waals surface area (Å²) in [5.74, 6) is 0.174. The van der Waals surface area contributed by atoms with Gasteiger partial charge in [0.05, 0.1) is 12.1 Å². The van der Waals surface area contributed by atoms with Gasteiger partial charge in [-0.3, -0.25) is 0 Å². The lowest BCUT2D eigenvalue weighted by Crippen LogP contribution is -2.23. The highest BCUT2D eigenvalue weighted by molar-refractivity contribution is 9.10. The molecule has 0 fully saturated rings. The van der Waals surface area contributed by atoms with Crippen molar-refractivity contribution < 1.29 is 10.2 Å². The number of phenolic OH excluding ortho intramolecular Hbond substituents is 1. The van der Waals surface area contributed by atoms with E-state index >= 15 is 0 Å². The number of nitrogens with two attached hydrogens (primary N) is 1. The van der Waals surface area contributed by atoms with Crippen molar-refractivity contribution in [3.63, 3.8) is 0 Å². The van der Waals surface area contributed by atoms with Crippen molar-refractivity contribution in [3.8, 4) is 5.75 Å². The van der Waals surface area contributed by atoms with Crippen molar-refractivity contribution in [2.75, 3.05) is 0 Å². The Balaban J connectivity index is 3.01. The molecule has 1 aromatic carbocycles. The summed E-state index contributed by atoms with van der Waals surface area (Å²) in [5, 5.41) is 18.4. The minimum atomic E-state index is -0.610. The van der Waals surface area contributed by atoms with Gasteiger partial charge in [-0.15, -0.1) is 0 Å². The standard InChI is InChI=1S/C9H12BrNO2/c1-5(12)9(11)7-3-2-6(13)4-8(7)10/h2-5,9,12-13H,11H2,1H3/t5-,9+/m1/s1. The van der Waals surface area contributed by atoms with Gasteiger partial charge in [-0.2, -0.15) is 0 Å². The molecule has 1 rings (SSSR count). The number of phenols is 1. The molecule has 1 aromatic rings. The number of halogens is 1. The number of aliphatic hydroxyl groups is 1. The average molecular weight is 246 g/mol. The van der Waals surface area contributed by atoms with E-state index in [2.05, 4.69) is 15.9 Å². The van der Waals surface area contributed by atoms with E-state index in [1.807, 2.05) is 0 Å². The zero-order valence-corrected chi connectivity index (χ0v) is 8.82. The first-order valence-corrected chi connectivity index (χ1v) is 4.73. The molecule has 0 aromatic heterocycles.